The van der Waals surface area contributed by atoms with Crippen LogP contribution in [-0.2, 0) is 6.42 Å². The number of benzene rings is 1. The van der Waals surface area contributed by atoms with Gasteiger partial charge in [0.15, 0.2) is 5.78 Å². The summed E-state index contributed by atoms with van der Waals surface area (Å²) < 4.78 is 0. The van der Waals surface area contributed by atoms with Crippen molar-refractivity contribution in [1.82, 2.24) is 9.97 Å². The molecule has 114 valence electrons. The Bertz CT molecular complexity index is 831. The fourth-order valence-electron chi connectivity index (χ4n) is 2.88. The van der Waals surface area contributed by atoms with Crippen LogP contribution >= 0.6 is 11.3 Å². The molecule has 4 nitrogen and oxygen atoms in total. The zero-order chi connectivity index (χ0) is 15.6. The summed E-state index contributed by atoms with van der Waals surface area (Å²) in [4.78, 5) is 22.5. The molecule has 1 N–H and O–H groups in total. The van der Waals surface area contributed by atoms with Crippen molar-refractivity contribution in [2.45, 2.75) is 18.8 Å². The van der Waals surface area contributed by atoms with E-state index in [0.29, 0.717) is 17.9 Å². The molecule has 4 rings (SSSR count). The minimum atomic E-state index is 0.135. The highest BCUT2D eigenvalue weighted by atomic mass is 32.1. The molecule has 2 aromatic heterocycles. The molecule has 0 fully saturated rings. The maximum atomic E-state index is 12.4. The number of fused-ring (bicyclic) bond motifs is 1. The van der Waals surface area contributed by atoms with Gasteiger partial charge >= 0.3 is 0 Å². The standard InChI is InChI=1S/C18H15N3OS/c22-16-10-12(17-7-4-8-23-17)9-15-14(16)11-19-18(21-15)20-13-5-2-1-3-6-13/h1-8,11-12H,9-10H2,(H,19,20,21)/t12-/m0/s1. The maximum absolute atomic E-state index is 12.4. The number of carbonyl (C=O) groups excluding carboxylic acids is 1. The summed E-state index contributed by atoms with van der Waals surface area (Å²) in [6.45, 7) is 0. The Morgan fingerprint density at radius 1 is 1.09 bits per heavy atom. The fourth-order valence-corrected chi connectivity index (χ4v) is 3.71. The van der Waals surface area contributed by atoms with Gasteiger partial charge in [-0.25, -0.2) is 9.97 Å². The van der Waals surface area contributed by atoms with E-state index < -0.39 is 0 Å². The van der Waals surface area contributed by atoms with Gasteiger partial charge in [0, 0.05) is 29.1 Å². The van der Waals surface area contributed by atoms with E-state index in [4.69, 9.17) is 0 Å². The molecule has 23 heavy (non-hydrogen) atoms. The number of nitrogens with one attached hydrogen (secondary N) is 1. The summed E-state index contributed by atoms with van der Waals surface area (Å²) in [7, 11) is 0. The number of Topliss-reactive ketones (excluding diaryl/α,β-unsaturated/α-hetero) is 1. The SMILES string of the molecule is O=C1C[C@@H](c2cccs2)Cc2nc(Nc3ccccc3)ncc21. The molecule has 1 aliphatic rings. The van der Waals surface area contributed by atoms with Crippen molar-refractivity contribution < 1.29 is 4.79 Å². The molecule has 0 amide bonds. The summed E-state index contributed by atoms with van der Waals surface area (Å²) in [6.07, 6.45) is 2.98. The Balaban J connectivity index is 1.63. The van der Waals surface area contributed by atoms with Gasteiger partial charge in [0.25, 0.3) is 0 Å². The summed E-state index contributed by atoms with van der Waals surface area (Å²) in [5.41, 5.74) is 2.44. The first-order valence-electron chi connectivity index (χ1n) is 7.54. The van der Waals surface area contributed by atoms with E-state index in [1.165, 1.54) is 4.88 Å². The van der Waals surface area contributed by atoms with Crippen LogP contribution in [0, 0.1) is 0 Å². The number of carbonyl (C=O) groups is 1. The molecule has 2 heterocycles. The largest absolute Gasteiger partial charge is 0.324 e. The predicted octanol–water partition coefficient (Wildman–Crippen LogP) is 4.19. The van der Waals surface area contributed by atoms with Gasteiger partial charge in [-0.3, -0.25) is 4.79 Å². The molecule has 1 aromatic carbocycles. The first-order valence-corrected chi connectivity index (χ1v) is 8.42. The van der Waals surface area contributed by atoms with Crippen molar-refractivity contribution in [3.8, 4) is 0 Å². The smallest absolute Gasteiger partial charge is 0.227 e. The number of nitrogens with zero attached hydrogens (tertiary/aromatic N) is 2. The highest BCUT2D eigenvalue weighted by molar-refractivity contribution is 7.10. The molecule has 0 unspecified atom stereocenters. The average molecular weight is 321 g/mol. The lowest BCUT2D eigenvalue weighted by molar-refractivity contribution is 0.0963. The number of thiophene rings is 1. The van der Waals surface area contributed by atoms with Gasteiger partial charge in [-0.05, 0) is 30.0 Å². The number of ketones is 1. The van der Waals surface area contributed by atoms with E-state index in [2.05, 4.69) is 26.7 Å². The van der Waals surface area contributed by atoms with Crippen molar-refractivity contribution in [3.05, 3.63) is 70.2 Å². The Labute approximate surface area is 138 Å². The lowest BCUT2D eigenvalue weighted by atomic mass is 9.86. The lowest BCUT2D eigenvalue weighted by Crippen LogP contribution is -2.20. The Kier molecular flexibility index (Phi) is 3.63. The predicted molar refractivity (Wildman–Crippen MR) is 91.5 cm³/mol. The van der Waals surface area contributed by atoms with Crippen molar-refractivity contribution in [2.24, 2.45) is 0 Å². The maximum Gasteiger partial charge on any atom is 0.227 e. The van der Waals surface area contributed by atoms with Crippen LogP contribution in [0.4, 0.5) is 11.6 Å². The summed E-state index contributed by atoms with van der Waals surface area (Å²) in [6, 6.07) is 13.9. The van der Waals surface area contributed by atoms with Gasteiger partial charge in [-0.2, -0.15) is 0 Å². The average Bonchev–Trinajstić information content (AvgIpc) is 3.10. The molecule has 3 aromatic rings. The first kappa shape index (κ1) is 14.1. The fraction of sp³-hybridized carbons (Fsp3) is 0.167. The molecule has 1 atom stereocenters. The van der Waals surface area contributed by atoms with Crippen LogP contribution in [0.5, 0.6) is 0 Å². The quantitative estimate of drug-likeness (QED) is 0.785. The molecular formula is C18H15N3OS. The van der Waals surface area contributed by atoms with Crippen LogP contribution < -0.4 is 5.32 Å². The molecule has 5 heteroatoms. The van der Waals surface area contributed by atoms with E-state index in [1.807, 2.05) is 36.4 Å². The highest BCUT2D eigenvalue weighted by Crippen LogP contribution is 2.34. The van der Waals surface area contributed by atoms with Gasteiger partial charge in [0.1, 0.15) is 0 Å². The topological polar surface area (TPSA) is 54.9 Å². The van der Waals surface area contributed by atoms with E-state index in [0.717, 1.165) is 17.8 Å². The van der Waals surface area contributed by atoms with E-state index in [-0.39, 0.29) is 11.7 Å². The highest BCUT2D eigenvalue weighted by Gasteiger charge is 2.28. The van der Waals surface area contributed by atoms with Crippen LogP contribution in [0.25, 0.3) is 0 Å². The van der Waals surface area contributed by atoms with Crippen LogP contribution in [0.1, 0.15) is 33.3 Å². The number of hydrogen-bond donors (Lipinski definition) is 1. The zero-order valence-electron chi connectivity index (χ0n) is 12.4. The van der Waals surface area contributed by atoms with Crippen LogP contribution in [-0.4, -0.2) is 15.8 Å². The molecule has 0 spiro atoms. The summed E-state index contributed by atoms with van der Waals surface area (Å²) in [5.74, 6) is 0.903. The Hall–Kier alpha value is -2.53. The van der Waals surface area contributed by atoms with Crippen molar-refractivity contribution in [2.75, 3.05) is 5.32 Å². The van der Waals surface area contributed by atoms with Gasteiger partial charge in [0.2, 0.25) is 5.95 Å². The van der Waals surface area contributed by atoms with Crippen LogP contribution in [0.15, 0.2) is 54.0 Å². The normalized spacial score (nSPS) is 16.9. The van der Waals surface area contributed by atoms with Gasteiger partial charge in [-0.1, -0.05) is 24.3 Å². The summed E-state index contributed by atoms with van der Waals surface area (Å²) in [5, 5.41) is 5.24. The molecule has 1 aliphatic carbocycles. The monoisotopic (exact) mass is 321 g/mol. The second kappa shape index (κ2) is 5.93. The molecular weight excluding hydrogens is 306 g/mol. The Morgan fingerprint density at radius 2 is 1.96 bits per heavy atom. The van der Waals surface area contributed by atoms with Crippen molar-refractivity contribution in [1.29, 1.82) is 0 Å². The Morgan fingerprint density at radius 3 is 2.74 bits per heavy atom. The van der Waals surface area contributed by atoms with Crippen LogP contribution in [0.2, 0.25) is 0 Å². The lowest BCUT2D eigenvalue weighted by Gasteiger charge is -2.22. The van der Waals surface area contributed by atoms with Gasteiger partial charge < -0.3 is 5.32 Å². The van der Waals surface area contributed by atoms with Gasteiger partial charge in [0.05, 0.1) is 11.3 Å². The van der Waals surface area contributed by atoms with Crippen molar-refractivity contribution >= 4 is 28.8 Å². The minimum Gasteiger partial charge on any atom is -0.324 e. The van der Waals surface area contributed by atoms with Crippen LogP contribution in [0.3, 0.4) is 0 Å². The number of hydrogen-bond acceptors (Lipinski definition) is 5. The second-order valence-corrected chi connectivity index (χ2v) is 6.57. The number of anilines is 2. The third-order valence-electron chi connectivity index (χ3n) is 4.02. The van der Waals surface area contributed by atoms with E-state index in [1.54, 1.807) is 17.5 Å². The van der Waals surface area contributed by atoms with E-state index >= 15 is 0 Å². The minimum absolute atomic E-state index is 0.135. The van der Waals surface area contributed by atoms with E-state index in [9.17, 15) is 4.79 Å². The first-order chi connectivity index (χ1) is 11.3. The summed E-state index contributed by atoms with van der Waals surface area (Å²) >= 11 is 1.70. The number of rotatable bonds is 3. The van der Waals surface area contributed by atoms with Crippen molar-refractivity contribution in [3.63, 3.8) is 0 Å². The number of para-hydroxylation sites is 1. The zero-order valence-corrected chi connectivity index (χ0v) is 13.2. The molecule has 0 saturated carbocycles. The third-order valence-corrected chi connectivity index (χ3v) is 5.05. The van der Waals surface area contributed by atoms with Gasteiger partial charge in [-0.15, -0.1) is 11.3 Å². The molecule has 0 bridgehead atoms. The molecule has 0 saturated heterocycles. The third kappa shape index (κ3) is 2.87. The molecule has 0 aliphatic heterocycles. The number of aromatic nitrogens is 2. The second-order valence-electron chi connectivity index (χ2n) is 5.59. The molecule has 0 radical (unpaired) electrons.